The van der Waals surface area contributed by atoms with Gasteiger partial charge >= 0.3 is 29.8 Å². The van der Waals surface area contributed by atoms with Gasteiger partial charge in [0.15, 0.2) is 7.98 Å². The van der Waals surface area contributed by atoms with E-state index in [1.165, 1.54) is 0 Å². The number of aldehydes is 1. The maximum absolute atomic E-state index is 12.6. The normalized spacial score (nSPS) is 13.2. The summed E-state index contributed by atoms with van der Waals surface area (Å²) in [5.41, 5.74) is 0. The van der Waals surface area contributed by atoms with Gasteiger partial charge in [0.05, 0.1) is 6.04 Å². The minimum Gasteiger partial charge on any atom is -0.480 e. The molecule has 11 N–H and O–H groups in total. The lowest BCUT2D eigenvalue weighted by Crippen LogP contribution is -2.45. The molecule has 0 bridgehead atoms. The van der Waals surface area contributed by atoms with Crippen LogP contribution >= 0.6 is 0 Å². The van der Waals surface area contributed by atoms with E-state index in [4.69, 9.17) is 13.1 Å². The fraction of sp³-hybridized carbons (Fsp3) is 0.725. The van der Waals surface area contributed by atoms with Crippen LogP contribution in [0, 0.1) is 0 Å². The molecule has 23 heteroatoms. The van der Waals surface area contributed by atoms with E-state index in [9.17, 15) is 73.2 Å². The van der Waals surface area contributed by atoms with Crippen molar-refractivity contribution in [2.45, 2.75) is 178 Å². The highest BCUT2D eigenvalue weighted by molar-refractivity contribution is 6.06. The Morgan fingerprint density at radius 2 is 0.698 bits per heavy atom. The Morgan fingerprint density at radius 1 is 0.381 bits per heavy atom. The highest BCUT2D eigenvalue weighted by Crippen LogP contribution is 2.12. The van der Waals surface area contributed by atoms with Crippen LogP contribution < -0.4 is 31.8 Å². The molecule has 2 radical (unpaired) electrons. The highest BCUT2D eigenvalue weighted by Gasteiger charge is 2.27. The molecule has 0 aliphatic carbocycles. The van der Waals surface area contributed by atoms with Gasteiger partial charge in [0.2, 0.25) is 29.5 Å². The summed E-state index contributed by atoms with van der Waals surface area (Å²) in [4.78, 5) is 130. The van der Waals surface area contributed by atoms with Crippen molar-refractivity contribution in [2.24, 2.45) is 0 Å². The molecule has 0 fully saturated rings. The molecule has 0 saturated carbocycles. The van der Waals surface area contributed by atoms with Gasteiger partial charge in [-0.2, -0.15) is 0 Å². The maximum Gasteiger partial charge on any atom is 0.326 e. The van der Waals surface area contributed by atoms with E-state index in [1.54, 1.807) is 0 Å². The smallest absolute Gasteiger partial charge is 0.326 e. The van der Waals surface area contributed by atoms with Crippen LogP contribution in [0.2, 0.25) is 0 Å². The molecular weight excluding hydrogens is 831 g/mol. The fourth-order valence-corrected chi connectivity index (χ4v) is 6.19. The molecule has 5 amide bonds. The van der Waals surface area contributed by atoms with Crippen molar-refractivity contribution >= 4 is 73.6 Å². The largest absolute Gasteiger partial charge is 0.480 e. The van der Waals surface area contributed by atoms with Crippen molar-refractivity contribution < 1.29 is 78.3 Å². The van der Waals surface area contributed by atoms with Crippen LogP contribution in [0.5, 0.6) is 0 Å². The molecule has 63 heavy (non-hydrogen) atoms. The van der Waals surface area contributed by atoms with E-state index < -0.39 is 122 Å². The number of hydrogen-bond donors (Lipinski definition) is 11. The van der Waals surface area contributed by atoms with Gasteiger partial charge in [-0.05, 0) is 57.8 Å². The molecule has 0 aliphatic rings. The lowest BCUT2D eigenvalue weighted by molar-refractivity contribution is -0.144. The molecular formula is C40H65BN6O16. The zero-order valence-electron chi connectivity index (χ0n) is 35.7. The van der Waals surface area contributed by atoms with Crippen LogP contribution in [-0.2, 0) is 52.7 Å². The number of carbonyl (C=O) groups is 11. The zero-order valence-corrected chi connectivity index (χ0v) is 35.7. The number of unbranched alkanes of at least 4 members (excludes halogenated alkanes) is 11. The van der Waals surface area contributed by atoms with E-state index in [-0.39, 0.29) is 38.6 Å². The van der Waals surface area contributed by atoms with Gasteiger partial charge in [-0.3, -0.25) is 28.8 Å². The van der Waals surface area contributed by atoms with E-state index in [0.29, 0.717) is 25.7 Å². The molecule has 0 aromatic heterocycles. The number of carbonyl (C=O) groups excluding carboxylic acids is 6. The first-order chi connectivity index (χ1) is 29.9. The maximum atomic E-state index is 12.6. The second-order valence-electron chi connectivity index (χ2n) is 15.1. The molecule has 354 valence electrons. The van der Waals surface area contributed by atoms with Gasteiger partial charge in [0, 0.05) is 45.1 Å². The number of aliphatic carboxylic acids is 5. The van der Waals surface area contributed by atoms with Crippen molar-refractivity contribution in [3.63, 3.8) is 0 Å². The summed E-state index contributed by atoms with van der Waals surface area (Å²) < 4.78 is 0. The van der Waals surface area contributed by atoms with Crippen molar-refractivity contribution in [1.82, 2.24) is 31.8 Å². The number of carboxylic acids is 5. The second kappa shape index (κ2) is 34.9. The number of carboxylic acid groups (broad SMARTS) is 5. The van der Waals surface area contributed by atoms with E-state index in [0.717, 1.165) is 64.1 Å². The SMILES string of the molecule is [B]NC(CCCCNC(=O)CCC(NC(=O)CC[C@H](NC(=O)CCC(NC(=O)CC[C@H](NC(=O)CCCCCCCCCCCCC=O)C(=O)O)C(=O)O)C(=O)O)C(=O)O)C(=O)O. The standard InChI is InChI=1S/C40H65BN6O16/c41-47-30(40(62)63)14-11-12-24-42-31(49)20-16-26(36(54)55)44-33(51)22-18-28(38(58)59)46-35(53)23-19-29(39(60)61)45-34(52)21-17-27(37(56)57)43-32(50)15-10-8-6-4-2-1-3-5-7-9-13-25-48/h25-30,47H,1-24H2,(H,42,49)(H,43,50)(H,44,51)(H,45,52)(H,46,53)(H,54,55)(H,56,57)(H,58,59)(H,60,61)(H,62,63)/t26?,27-,28-,29?,30?/m0/s1. The van der Waals surface area contributed by atoms with Gasteiger partial charge in [-0.15, -0.1) is 0 Å². The van der Waals surface area contributed by atoms with Gasteiger partial charge in [-0.25, -0.2) is 19.2 Å². The van der Waals surface area contributed by atoms with Crippen LogP contribution in [0.1, 0.15) is 148 Å². The van der Waals surface area contributed by atoms with Crippen LogP contribution in [0.3, 0.4) is 0 Å². The van der Waals surface area contributed by atoms with Crippen LogP contribution in [0.15, 0.2) is 0 Å². The summed E-state index contributed by atoms with van der Waals surface area (Å²) in [5.74, 6) is -10.8. The molecule has 5 atom stereocenters. The molecule has 0 heterocycles. The average Bonchev–Trinajstić information content (AvgIpc) is 3.22. The summed E-state index contributed by atoms with van der Waals surface area (Å²) >= 11 is 0. The minimum absolute atomic E-state index is 0.0943. The second-order valence-corrected chi connectivity index (χ2v) is 15.1. The first-order valence-electron chi connectivity index (χ1n) is 21.4. The third-order valence-corrected chi connectivity index (χ3v) is 9.89. The number of amides is 5. The van der Waals surface area contributed by atoms with Gasteiger partial charge in [0.25, 0.3) is 0 Å². The Kier molecular flexibility index (Phi) is 31.8. The van der Waals surface area contributed by atoms with Crippen LogP contribution in [-0.4, -0.2) is 136 Å². The molecule has 0 aliphatic heterocycles. The van der Waals surface area contributed by atoms with Gasteiger partial charge < -0.3 is 62.1 Å². The van der Waals surface area contributed by atoms with Crippen LogP contribution in [0.25, 0.3) is 0 Å². The lowest BCUT2D eigenvalue weighted by Gasteiger charge is -2.18. The average molecular weight is 897 g/mol. The number of rotatable bonds is 40. The Bertz CT molecular complexity index is 1500. The predicted octanol–water partition coefficient (Wildman–Crippen LogP) is 0.678. The Labute approximate surface area is 367 Å². The fourth-order valence-electron chi connectivity index (χ4n) is 6.19. The molecule has 0 aromatic rings. The Hall–Kier alpha value is -5.61. The quantitative estimate of drug-likeness (QED) is 0.0229. The first kappa shape index (κ1) is 57.4. The molecule has 0 aromatic carbocycles. The van der Waals surface area contributed by atoms with E-state index in [2.05, 4.69) is 31.8 Å². The number of hydrogen-bond acceptors (Lipinski definition) is 12. The Morgan fingerprint density at radius 3 is 1.03 bits per heavy atom. The van der Waals surface area contributed by atoms with Gasteiger partial charge in [-0.1, -0.05) is 51.4 Å². The predicted molar refractivity (Wildman–Crippen MR) is 224 cm³/mol. The monoisotopic (exact) mass is 896 g/mol. The molecule has 0 spiro atoms. The number of nitrogens with one attached hydrogen (secondary N) is 6. The Balaban J connectivity index is 4.70. The van der Waals surface area contributed by atoms with Crippen molar-refractivity contribution in [1.29, 1.82) is 0 Å². The topological polar surface area (TPSA) is 361 Å². The highest BCUT2D eigenvalue weighted by atomic mass is 16.4. The van der Waals surface area contributed by atoms with E-state index >= 15 is 0 Å². The third-order valence-electron chi connectivity index (χ3n) is 9.89. The summed E-state index contributed by atoms with van der Waals surface area (Å²) in [7, 11) is 5.15. The van der Waals surface area contributed by atoms with Gasteiger partial charge in [0.1, 0.15) is 30.5 Å². The van der Waals surface area contributed by atoms with Crippen molar-refractivity contribution in [2.75, 3.05) is 6.54 Å². The lowest BCUT2D eigenvalue weighted by atomic mass is 10.0. The summed E-state index contributed by atoms with van der Waals surface area (Å²) in [6, 6.07) is -7.13. The van der Waals surface area contributed by atoms with E-state index in [1.807, 2.05) is 0 Å². The molecule has 3 unspecified atom stereocenters. The summed E-state index contributed by atoms with van der Waals surface area (Å²) in [6.45, 7) is 0.181. The molecule has 22 nitrogen and oxygen atoms in total. The molecule has 0 rings (SSSR count). The van der Waals surface area contributed by atoms with Crippen LogP contribution in [0.4, 0.5) is 0 Å². The van der Waals surface area contributed by atoms with Crippen molar-refractivity contribution in [3.8, 4) is 0 Å². The summed E-state index contributed by atoms with van der Waals surface area (Å²) in [6.07, 6.45) is 8.75. The summed E-state index contributed by atoms with van der Waals surface area (Å²) in [5, 5.41) is 60.8. The zero-order chi connectivity index (χ0) is 47.6. The first-order valence-corrected chi connectivity index (χ1v) is 21.4. The molecule has 0 saturated heterocycles. The van der Waals surface area contributed by atoms with Crippen molar-refractivity contribution in [3.05, 3.63) is 0 Å². The minimum atomic E-state index is -1.64. The third kappa shape index (κ3) is 30.1.